The van der Waals surface area contributed by atoms with Gasteiger partial charge >= 0.3 is 6.03 Å². The van der Waals surface area contributed by atoms with Crippen LogP contribution < -0.4 is 5.32 Å². The number of rotatable bonds is 4. The number of likely N-dealkylation sites (tertiary alicyclic amines) is 1. The summed E-state index contributed by atoms with van der Waals surface area (Å²) in [5.41, 5.74) is 1.05. The van der Waals surface area contributed by atoms with Crippen molar-refractivity contribution in [2.24, 2.45) is 5.41 Å². The molecule has 1 aromatic heterocycles. The molecule has 1 aliphatic heterocycles. The minimum Gasteiger partial charge on any atom is -0.378 e. The molecule has 2 saturated carbocycles. The highest BCUT2D eigenvalue weighted by atomic mass is 16.5. The first-order valence-electron chi connectivity index (χ1n) is 9.76. The third-order valence-corrected chi connectivity index (χ3v) is 6.49. The van der Waals surface area contributed by atoms with Gasteiger partial charge in [-0.25, -0.2) is 4.79 Å². The zero-order valence-corrected chi connectivity index (χ0v) is 15.3. The Kier molecular flexibility index (Phi) is 4.48. The molecule has 3 aliphatic rings. The third-order valence-electron chi connectivity index (χ3n) is 6.49. The van der Waals surface area contributed by atoms with Crippen LogP contribution in [0.2, 0.25) is 0 Å². The first-order chi connectivity index (χ1) is 12.1. The molecule has 1 spiro atoms. The summed E-state index contributed by atoms with van der Waals surface area (Å²) in [6.45, 7) is 5.50. The van der Waals surface area contributed by atoms with E-state index in [4.69, 9.17) is 9.26 Å². The molecule has 4 rings (SSSR count). The molecule has 138 valence electrons. The van der Waals surface area contributed by atoms with Crippen LogP contribution in [0.5, 0.6) is 0 Å². The zero-order valence-electron chi connectivity index (χ0n) is 15.3. The number of carbonyl (C=O) groups is 1. The van der Waals surface area contributed by atoms with E-state index in [-0.39, 0.29) is 23.5 Å². The fraction of sp³-hybridized carbons (Fsp3) is 0.789. The summed E-state index contributed by atoms with van der Waals surface area (Å²) in [4.78, 5) is 14.9. The van der Waals surface area contributed by atoms with Gasteiger partial charge in [0.1, 0.15) is 11.5 Å². The number of aromatic nitrogens is 1. The molecule has 0 aromatic carbocycles. The number of nitrogens with one attached hydrogen (secondary N) is 1. The van der Waals surface area contributed by atoms with Gasteiger partial charge in [0.2, 0.25) is 0 Å². The average Bonchev–Trinajstić information content (AvgIpc) is 3.33. The number of urea groups is 1. The molecule has 1 N–H and O–H groups in total. The lowest BCUT2D eigenvalue weighted by Gasteiger charge is -2.54. The van der Waals surface area contributed by atoms with Gasteiger partial charge < -0.3 is 19.5 Å². The molecule has 1 saturated heterocycles. The maximum atomic E-state index is 13.0. The molecule has 3 unspecified atom stereocenters. The van der Waals surface area contributed by atoms with E-state index in [1.165, 1.54) is 25.7 Å². The highest BCUT2D eigenvalue weighted by Crippen LogP contribution is 2.54. The molecule has 2 heterocycles. The standard InChI is InChI=1S/C19H29N3O3/c1-3-24-17-12-16(19(17)8-4-5-9-19)20-18(23)22-10-6-7-15(22)14-11-13(2)25-21-14/h11,15-17H,3-10,12H2,1-2H3,(H,20,23). The summed E-state index contributed by atoms with van der Waals surface area (Å²) in [5, 5.41) is 7.47. The van der Waals surface area contributed by atoms with Crippen molar-refractivity contribution in [3.63, 3.8) is 0 Å². The van der Waals surface area contributed by atoms with Crippen LogP contribution in [0.1, 0.15) is 69.4 Å². The molecular weight excluding hydrogens is 318 g/mol. The van der Waals surface area contributed by atoms with Gasteiger partial charge in [0.05, 0.1) is 12.1 Å². The minimum absolute atomic E-state index is 0.0414. The second kappa shape index (κ2) is 6.63. The summed E-state index contributed by atoms with van der Waals surface area (Å²) < 4.78 is 11.2. The van der Waals surface area contributed by atoms with Crippen LogP contribution in [0.15, 0.2) is 10.6 Å². The first kappa shape index (κ1) is 16.9. The lowest BCUT2D eigenvalue weighted by atomic mass is 9.60. The Morgan fingerprint density at radius 2 is 2.24 bits per heavy atom. The molecule has 6 heteroatoms. The topological polar surface area (TPSA) is 67.6 Å². The lowest BCUT2D eigenvalue weighted by Crippen LogP contribution is -2.65. The van der Waals surface area contributed by atoms with Crippen LogP contribution in [0, 0.1) is 12.3 Å². The van der Waals surface area contributed by atoms with Gasteiger partial charge in [-0.05, 0) is 46.0 Å². The average molecular weight is 347 g/mol. The molecule has 1 aromatic rings. The van der Waals surface area contributed by atoms with E-state index in [0.29, 0.717) is 6.10 Å². The van der Waals surface area contributed by atoms with Crippen LogP contribution in [0.3, 0.4) is 0 Å². The predicted octanol–water partition coefficient (Wildman–Crippen LogP) is 3.57. The summed E-state index contributed by atoms with van der Waals surface area (Å²) in [6, 6.07) is 2.29. The number of ether oxygens (including phenoxy) is 1. The highest BCUT2D eigenvalue weighted by Gasteiger charge is 2.57. The van der Waals surface area contributed by atoms with E-state index in [2.05, 4.69) is 17.4 Å². The number of aryl methyl sites for hydroxylation is 1. The Hall–Kier alpha value is -1.56. The number of hydrogen-bond donors (Lipinski definition) is 1. The van der Waals surface area contributed by atoms with Gasteiger partial charge in [-0.3, -0.25) is 0 Å². The largest absolute Gasteiger partial charge is 0.378 e. The molecule has 0 radical (unpaired) electrons. The van der Waals surface area contributed by atoms with Gasteiger partial charge in [-0.15, -0.1) is 0 Å². The smallest absolute Gasteiger partial charge is 0.318 e. The molecule has 6 nitrogen and oxygen atoms in total. The molecule has 3 fully saturated rings. The quantitative estimate of drug-likeness (QED) is 0.904. The van der Waals surface area contributed by atoms with Crippen molar-refractivity contribution in [3.8, 4) is 0 Å². The minimum atomic E-state index is 0.0414. The van der Waals surface area contributed by atoms with Gasteiger partial charge in [0, 0.05) is 30.7 Å². The van der Waals surface area contributed by atoms with Crippen LogP contribution in [0.4, 0.5) is 4.79 Å². The molecule has 0 bridgehead atoms. The number of nitrogens with zero attached hydrogens (tertiary/aromatic N) is 2. The van der Waals surface area contributed by atoms with Gasteiger partial charge in [0.25, 0.3) is 0 Å². The van der Waals surface area contributed by atoms with E-state index in [9.17, 15) is 4.79 Å². The maximum absolute atomic E-state index is 13.0. The maximum Gasteiger partial charge on any atom is 0.318 e. The predicted molar refractivity (Wildman–Crippen MR) is 93.2 cm³/mol. The van der Waals surface area contributed by atoms with Crippen molar-refractivity contribution in [2.75, 3.05) is 13.2 Å². The third kappa shape index (κ3) is 2.84. The highest BCUT2D eigenvalue weighted by molar-refractivity contribution is 5.75. The number of amides is 2. The second-order valence-electron chi connectivity index (χ2n) is 7.84. The fourth-order valence-electron chi connectivity index (χ4n) is 5.18. The SMILES string of the molecule is CCOC1CC(NC(=O)N2CCCC2c2cc(C)on2)C12CCCC2. The normalized spacial score (nSPS) is 30.6. The summed E-state index contributed by atoms with van der Waals surface area (Å²) >= 11 is 0. The van der Waals surface area contributed by atoms with Crippen molar-refractivity contribution in [3.05, 3.63) is 17.5 Å². The van der Waals surface area contributed by atoms with Gasteiger partial charge in [-0.1, -0.05) is 18.0 Å². The van der Waals surface area contributed by atoms with Crippen molar-refractivity contribution in [1.29, 1.82) is 0 Å². The van der Waals surface area contributed by atoms with Crippen LogP contribution in [-0.2, 0) is 4.74 Å². The summed E-state index contributed by atoms with van der Waals surface area (Å²) in [5.74, 6) is 0.797. The van der Waals surface area contributed by atoms with Crippen molar-refractivity contribution < 1.29 is 14.1 Å². The van der Waals surface area contributed by atoms with Crippen LogP contribution in [0.25, 0.3) is 0 Å². The Balaban J connectivity index is 1.43. The van der Waals surface area contributed by atoms with E-state index in [0.717, 1.165) is 43.9 Å². The van der Waals surface area contributed by atoms with E-state index in [1.54, 1.807) is 0 Å². The van der Waals surface area contributed by atoms with Gasteiger partial charge in [-0.2, -0.15) is 0 Å². The molecular formula is C19H29N3O3. The zero-order chi connectivity index (χ0) is 17.4. The van der Waals surface area contributed by atoms with E-state index >= 15 is 0 Å². The van der Waals surface area contributed by atoms with Crippen molar-refractivity contribution in [1.82, 2.24) is 15.4 Å². The number of hydrogen-bond acceptors (Lipinski definition) is 4. The monoisotopic (exact) mass is 347 g/mol. The summed E-state index contributed by atoms with van der Waals surface area (Å²) in [6.07, 6.45) is 8.08. The van der Waals surface area contributed by atoms with Crippen LogP contribution >= 0.6 is 0 Å². The number of carbonyl (C=O) groups excluding carboxylic acids is 1. The lowest BCUT2D eigenvalue weighted by molar-refractivity contribution is -0.127. The van der Waals surface area contributed by atoms with Crippen molar-refractivity contribution >= 4 is 6.03 Å². The molecule has 25 heavy (non-hydrogen) atoms. The Morgan fingerprint density at radius 1 is 1.44 bits per heavy atom. The molecule has 2 amide bonds. The second-order valence-corrected chi connectivity index (χ2v) is 7.84. The first-order valence-corrected chi connectivity index (χ1v) is 9.76. The van der Waals surface area contributed by atoms with E-state index < -0.39 is 0 Å². The Morgan fingerprint density at radius 3 is 2.92 bits per heavy atom. The summed E-state index contributed by atoms with van der Waals surface area (Å²) in [7, 11) is 0. The van der Waals surface area contributed by atoms with Gasteiger partial charge in [0.15, 0.2) is 0 Å². The Bertz CT molecular complexity index is 623. The molecule has 3 atom stereocenters. The van der Waals surface area contributed by atoms with E-state index in [1.807, 2.05) is 17.9 Å². The fourth-order valence-corrected chi connectivity index (χ4v) is 5.18. The van der Waals surface area contributed by atoms with Crippen molar-refractivity contribution in [2.45, 2.75) is 77.0 Å². The van der Waals surface area contributed by atoms with Crippen LogP contribution in [-0.4, -0.2) is 41.4 Å². The molecule has 2 aliphatic carbocycles. The Labute approximate surface area is 149 Å².